The third-order valence-corrected chi connectivity index (χ3v) is 4.74. The summed E-state index contributed by atoms with van der Waals surface area (Å²) in [5.74, 6) is 0.440. The van der Waals surface area contributed by atoms with Crippen molar-refractivity contribution >= 4 is 15.9 Å². The van der Waals surface area contributed by atoms with Gasteiger partial charge in [-0.15, -0.1) is 0 Å². The van der Waals surface area contributed by atoms with Gasteiger partial charge in [0.2, 0.25) is 0 Å². The van der Waals surface area contributed by atoms with Crippen LogP contribution in [0.25, 0.3) is 0 Å². The van der Waals surface area contributed by atoms with E-state index in [1.165, 1.54) is 10.5 Å². The van der Waals surface area contributed by atoms with Gasteiger partial charge in [-0.3, -0.25) is 9.40 Å². The summed E-state index contributed by atoms with van der Waals surface area (Å²) >= 11 is 0. The van der Waals surface area contributed by atoms with Crippen LogP contribution >= 0.6 is 0 Å². The van der Waals surface area contributed by atoms with Crippen LogP contribution in [0, 0.1) is 5.92 Å². The molecule has 0 saturated carbocycles. The van der Waals surface area contributed by atoms with Gasteiger partial charge in [0.05, 0.1) is 11.9 Å². The fraction of sp³-hybridized carbons (Fsp3) is 0.700. The Hall–Kier alpha value is -1.12. The second-order valence-electron chi connectivity index (χ2n) is 4.59. The number of nitrogens with two attached hydrogens (primary N) is 1. The molecule has 0 unspecified atom stereocenters. The predicted octanol–water partition coefficient (Wildman–Crippen LogP) is -0.252. The van der Waals surface area contributed by atoms with E-state index in [1.54, 1.807) is 17.9 Å². The van der Waals surface area contributed by atoms with Crippen LogP contribution in [-0.4, -0.2) is 42.1 Å². The van der Waals surface area contributed by atoms with E-state index in [0.29, 0.717) is 31.2 Å². The molecule has 102 valence electrons. The number of hydrogen-bond donors (Lipinski definition) is 2. The molecule has 2 heterocycles. The van der Waals surface area contributed by atoms with Crippen molar-refractivity contribution in [1.82, 2.24) is 14.1 Å². The predicted molar refractivity (Wildman–Crippen MR) is 69.1 cm³/mol. The molecule has 0 aliphatic carbocycles. The van der Waals surface area contributed by atoms with E-state index in [1.807, 2.05) is 0 Å². The molecule has 1 aromatic rings. The van der Waals surface area contributed by atoms with E-state index in [4.69, 9.17) is 5.73 Å². The molecule has 8 heteroatoms. The van der Waals surface area contributed by atoms with Crippen LogP contribution in [0.15, 0.2) is 12.4 Å². The van der Waals surface area contributed by atoms with Crippen LogP contribution in [0.3, 0.4) is 0 Å². The molecule has 1 aromatic heterocycles. The molecule has 0 amide bonds. The van der Waals surface area contributed by atoms with E-state index >= 15 is 0 Å². The summed E-state index contributed by atoms with van der Waals surface area (Å²) in [7, 11) is -1.72. The average molecular weight is 273 g/mol. The van der Waals surface area contributed by atoms with Crippen molar-refractivity contribution in [3.05, 3.63) is 12.4 Å². The van der Waals surface area contributed by atoms with Gasteiger partial charge in [-0.2, -0.15) is 17.8 Å². The molecule has 7 nitrogen and oxygen atoms in total. The van der Waals surface area contributed by atoms with Crippen molar-refractivity contribution in [2.75, 3.05) is 24.4 Å². The molecular formula is C10H19N5O2S. The second-order valence-corrected chi connectivity index (χ2v) is 6.26. The van der Waals surface area contributed by atoms with Crippen molar-refractivity contribution in [1.29, 1.82) is 0 Å². The van der Waals surface area contributed by atoms with Crippen molar-refractivity contribution in [3.8, 4) is 0 Å². The Morgan fingerprint density at radius 2 is 2.17 bits per heavy atom. The maximum Gasteiger partial charge on any atom is 0.301 e. The fourth-order valence-corrected chi connectivity index (χ4v) is 3.30. The van der Waals surface area contributed by atoms with E-state index in [2.05, 4.69) is 9.82 Å². The Morgan fingerprint density at radius 1 is 1.50 bits per heavy atom. The van der Waals surface area contributed by atoms with E-state index in [-0.39, 0.29) is 0 Å². The van der Waals surface area contributed by atoms with Gasteiger partial charge in [0.1, 0.15) is 0 Å². The normalized spacial score (nSPS) is 19.0. The minimum absolute atomic E-state index is 0.440. The number of nitrogens with zero attached hydrogens (tertiary/aromatic N) is 3. The quantitative estimate of drug-likeness (QED) is 0.791. The molecule has 0 atom stereocenters. The minimum Gasteiger partial charge on any atom is -0.330 e. The van der Waals surface area contributed by atoms with Gasteiger partial charge < -0.3 is 5.73 Å². The van der Waals surface area contributed by atoms with Gasteiger partial charge in [-0.1, -0.05) is 0 Å². The van der Waals surface area contributed by atoms with Crippen LogP contribution in [0.5, 0.6) is 0 Å². The Balaban J connectivity index is 1.99. The highest BCUT2D eigenvalue weighted by Crippen LogP contribution is 2.19. The Labute approximate surface area is 107 Å². The summed E-state index contributed by atoms with van der Waals surface area (Å²) in [6.07, 6.45) is 4.77. The molecule has 0 spiro atoms. The first-order valence-electron chi connectivity index (χ1n) is 5.98. The molecule has 2 rings (SSSR count). The van der Waals surface area contributed by atoms with Crippen molar-refractivity contribution in [2.24, 2.45) is 18.7 Å². The molecule has 1 aliphatic heterocycles. The fourth-order valence-electron chi connectivity index (χ4n) is 2.07. The molecule has 1 saturated heterocycles. The summed E-state index contributed by atoms with van der Waals surface area (Å²) in [4.78, 5) is 0. The van der Waals surface area contributed by atoms with Gasteiger partial charge in [-0.25, -0.2) is 0 Å². The maximum absolute atomic E-state index is 12.1. The number of piperidine rings is 1. The van der Waals surface area contributed by atoms with E-state index in [0.717, 1.165) is 12.8 Å². The lowest BCUT2D eigenvalue weighted by Crippen LogP contribution is -2.42. The highest BCUT2D eigenvalue weighted by Gasteiger charge is 2.27. The number of rotatable bonds is 4. The lowest BCUT2D eigenvalue weighted by Gasteiger charge is -2.30. The first-order chi connectivity index (χ1) is 8.51. The van der Waals surface area contributed by atoms with E-state index in [9.17, 15) is 8.42 Å². The Bertz CT molecular complexity index is 490. The van der Waals surface area contributed by atoms with Crippen molar-refractivity contribution < 1.29 is 8.42 Å². The molecule has 0 aromatic carbocycles. The summed E-state index contributed by atoms with van der Waals surface area (Å²) < 4.78 is 29.8. The summed E-state index contributed by atoms with van der Waals surface area (Å²) in [5, 5.41) is 3.93. The van der Waals surface area contributed by atoms with Crippen LogP contribution in [0.2, 0.25) is 0 Å². The topological polar surface area (TPSA) is 93.2 Å². The first-order valence-corrected chi connectivity index (χ1v) is 7.42. The molecule has 1 aliphatic rings. The molecule has 1 fully saturated rings. The monoisotopic (exact) mass is 273 g/mol. The van der Waals surface area contributed by atoms with Crippen LogP contribution in [0.1, 0.15) is 12.8 Å². The second kappa shape index (κ2) is 5.25. The maximum atomic E-state index is 12.1. The lowest BCUT2D eigenvalue weighted by atomic mass is 9.99. The standard InChI is InChI=1S/C10H19N5O2S/c1-14-8-10(7-12-14)13-18(16,17)15-4-2-9(6-11)3-5-15/h7-9,13H,2-6,11H2,1H3. The van der Waals surface area contributed by atoms with E-state index < -0.39 is 10.2 Å². The zero-order valence-electron chi connectivity index (χ0n) is 10.4. The minimum atomic E-state index is -3.47. The zero-order valence-corrected chi connectivity index (χ0v) is 11.2. The number of aryl methyl sites for hydroxylation is 1. The third kappa shape index (κ3) is 3.01. The van der Waals surface area contributed by atoms with Gasteiger partial charge in [0.25, 0.3) is 0 Å². The lowest BCUT2D eigenvalue weighted by molar-refractivity contribution is 0.280. The van der Waals surface area contributed by atoms with Crippen molar-refractivity contribution in [2.45, 2.75) is 12.8 Å². The summed E-state index contributed by atoms with van der Waals surface area (Å²) in [6, 6.07) is 0. The van der Waals surface area contributed by atoms with Gasteiger partial charge >= 0.3 is 10.2 Å². The van der Waals surface area contributed by atoms with Crippen molar-refractivity contribution in [3.63, 3.8) is 0 Å². The Morgan fingerprint density at radius 3 is 2.67 bits per heavy atom. The smallest absolute Gasteiger partial charge is 0.301 e. The molecule has 18 heavy (non-hydrogen) atoms. The highest BCUT2D eigenvalue weighted by atomic mass is 32.2. The number of nitrogens with one attached hydrogen (secondary N) is 1. The molecule has 0 radical (unpaired) electrons. The summed E-state index contributed by atoms with van der Waals surface area (Å²) in [5.41, 5.74) is 6.07. The van der Waals surface area contributed by atoms with Crippen LogP contribution in [0.4, 0.5) is 5.69 Å². The van der Waals surface area contributed by atoms with Crippen LogP contribution < -0.4 is 10.5 Å². The molecular weight excluding hydrogens is 254 g/mol. The molecule has 0 bridgehead atoms. The zero-order chi connectivity index (χ0) is 13.2. The SMILES string of the molecule is Cn1cc(NS(=O)(=O)N2CCC(CN)CC2)cn1. The third-order valence-electron chi connectivity index (χ3n) is 3.20. The van der Waals surface area contributed by atoms with Gasteiger partial charge in [-0.05, 0) is 25.3 Å². The first kappa shape index (κ1) is 13.3. The number of aromatic nitrogens is 2. The largest absolute Gasteiger partial charge is 0.330 e. The molecule has 3 N–H and O–H groups in total. The Kier molecular flexibility index (Phi) is 3.88. The number of anilines is 1. The van der Waals surface area contributed by atoms with Gasteiger partial charge in [0, 0.05) is 26.3 Å². The average Bonchev–Trinajstić information content (AvgIpc) is 2.74. The van der Waals surface area contributed by atoms with Gasteiger partial charge in [0.15, 0.2) is 0 Å². The van der Waals surface area contributed by atoms with Crippen LogP contribution in [-0.2, 0) is 17.3 Å². The summed E-state index contributed by atoms with van der Waals surface area (Å²) in [6.45, 7) is 1.68. The highest BCUT2D eigenvalue weighted by molar-refractivity contribution is 7.90. The number of hydrogen-bond acceptors (Lipinski definition) is 4.